The SMILES string of the molecule is COc1cccc(F)c1C(N)c1ccn(C)n1. The number of methoxy groups -OCH3 is 1. The highest BCUT2D eigenvalue weighted by Crippen LogP contribution is 2.29. The average Bonchev–Trinajstić information content (AvgIpc) is 2.74. The summed E-state index contributed by atoms with van der Waals surface area (Å²) in [6, 6.07) is 5.76. The maximum absolute atomic E-state index is 13.8. The molecule has 1 aromatic heterocycles. The van der Waals surface area contributed by atoms with Crippen LogP contribution in [-0.4, -0.2) is 16.9 Å². The fraction of sp³-hybridized carbons (Fsp3) is 0.250. The molecule has 0 amide bonds. The van der Waals surface area contributed by atoms with Crippen molar-refractivity contribution < 1.29 is 9.13 Å². The summed E-state index contributed by atoms with van der Waals surface area (Å²) in [5.74, 6) is 0.0469. The van der Waals surface area contributed by atoms with E-state index >= 15 is 0 Å². The maximum Gasteiger partial charge on any atom is 0.132 e. The molecule has 2 aromatic rings. The molecule has 0 aliphatic rings. The molecule has 0 bridgehead atoms. The van der Waals surface area contributed by atoms with Crippen molar-refractivity contribution >= 4 is 0 Å². The summed E-state index contributed by atoms with van der Waals surface area (Å²) in [4.78, 5) is 0. The van der Waals surface area contributed by atoms with Crippen LogP contribution in [0.1, 0.15) is 17.3 Å². The molecular weight excluding hydrogens is 221 g/mol. The van der Waals surface area contributed by atoms with Gasteiger partial charge >= 0.3 is 0 Å². The van der Waals surface area contributed by atoms with E-state index in [9.17, 15) is 4.39 Å². The van der Waals surface area contributed by atoms with Gasteiger partial charge in [0.1, 0.15) is 11.6 Å². The fourth-order valence-electron chi connectivity index (χ4n) is 1.74. The van der Waals surface area contributed by atoms with Crippen molar-refractivity contribution in [3.8, 4) is 5.75 Å². The Morgan fingerprint density at radius 2 is 2.18 bits per heavy atom. The molecule has 17 heavy (non-hydrogen) atoms. The number of nitrogens with zero attached hydrogens (tertiary/aromatic N) is 2. The quantitative estimate of drug-likeness (QED) is 0.879. The molecule has 0 fully saturated rings. The van der Waals surface area contributed by atoms with E-state index in [0.29, 0.717) is 17.0 Å². The van der Waals surface area contributed by atoms with E-state index in [1.165, 1.54) is 13.2 Å². The van der Waals surface area contributed by atoms with Crippen molar-refractivity contribution in [2.24, 2.45) is 12.8 Å². The van der Waals surface area contributed by atoms with E-state index in [-0.39, 0.29) is 5.82 Å². The monoisotopic (exact) mass is 235 g/mol. The number of hydrogen-bond donors (Lipinski definition) is 1. The molecule has 0 saturated carbocycles. The third-order valence-electron chi connectivity index (χ3n) is 2.60. The second kappa shape index (κ2) is 4.55. The van der Waals surface area contributed by atoms with Crippen LogP contribution in [-0.2, 0) is 7.05 Å². The van der Waals surface area contributed by atoms with E-state index in [2.05, 4.69) is 5.10 Å². The minimum atomic E-state index is -0.632. The lowest BCUT2D eigenvalue weighted by atomic mass is 10.0. The Morgan fingerprint density at radius 3 is 2.76 bits per heavy atom. The molecular formula is C12H14FN3O. The number of nitrogens with two attached hydrogens (primary N) is 1. The largest absolute Gasteiger partial charge is 0.496 e. The molecule has 0 radical (unpaired) electrons. The van der Waals surface area contributed by atoms with E-state index in [4.69, 9.17) is 10.5 Å². The first-order valence-electron chi connectivity index (χ1n) is 5.21. The van der Waals surface area contributed by atoms with Gasteiger partial charge in [0.05, 0.1) is 24.4 Å². The number of benzene rings is 1. The molecule has 5 heteroatoms. The van der Waals surface area contributed by atoms with Gasteiger partial charge in [0.25, 0.3) is 0 Å². The lowest BCUT2D eigenvalue weighted by Gasteiger charge is -2.14. The Balaban J connectivity index is 2.46. The maximum atomic E-state index is 13.8. The zero-order chi connectivity index (χ0) is 12.4. The second-order valence-corrected chi connectivity index (χ2v) is 3.75. The van der Waals surface area contributed by atoms with Gasteiger partial charge in [-0.3, -0.25) is 4.68 Å². The minimum absolute atomic E-state index is 0.328. The summed E-state index contributed by atoms with van der Waals surface area (Å²) < 4.78 is 20.5. The summed E-state index contributed by atoms with van der Waals surface area (Å²) >= 11 is 0. The van der Waals surface area contributed by atoms with Gasteiger partial charge in [0, 0.05) is 13.2 Å². The van der Waals surface area contributed by atoms with Crippen LogP contribution < -0.4 is 10.5 Å². The van der Waals surface area contributed by atoms with E-state index in [0.717, 1.165) is 0 Å². The summed E-state index contributed by atoms with van der Waals surface area (Å²) in [7, 11) is 3.28. The normalized spacial score (nSPS) is 12.5. The Kier molecular flexibility index (Phi) is 3.10. The molecule has 2 rings (SSSR count). The number of aromatic nitrogens is 2. The Morgan fingerprint density at radius 1 is 1.41 bits per heavy atom. The van der Waals surface area contributed by atoms with Crippen molar-refractivity contribution in [1.29, 1.82) is 0 Å². The first-order valence-corrected chi connectivity index (χ1v) is 5.21. The predicted molar refractivity (Wildman–Crippen MR) is 62.2 cm³/mol. The number of rotatable bonds is 3. The van der Waals surface area contributed by atoms with Crippen molar-refractivity contribution in [2.75, 3.05) is 7.11 Å². The van der Waals surface area contributed by atoms with Gasteiger partial charge in [-0.15, -0.1) is 0 Å². The molecule has 1 aromatic carbocycles. The summed E-state index contributed by atoms with van der Waals surface area (Å²) in [5.41, 5.74) is 6.95. The number of ether oxygens (including phenoxy) is 1. The molecule has 0 saturated heterocycles. The Labute approximate surface area is 98.8 Å². The molecule has 1 atom stereocenters. The number of aryl methyl sites for hydroxylation is 1. The average molecular weight is 235 g/mol. The first kappa shape index (κ1) is 11.6. The molecule has 4 nitrogen and oxygen atoms in total. The van der Waals surface area contributed by atoms with Crippen molar-refractivity contribution in [2.45, 2.75) is 6.04 Å². The van der Waals surface area contributed by atoms with Gasteiger partial charge in [-0.25, -0.2) is 4.39 Å². The van der Waals surface area contributed by atoms with Gasteiger partial charge in [0.15, 0.2) is 0 Å². The zero-order valence-electron chi connectivity index (χ0n) is 9.72. The molecule has 1 unspecified atom stereocenters. The van der Waals surface area contributed by atoms with E-state index < -0.39 is 6.04 Å². The third-order valence-corrected chi connectivity index (χ3v) is 2.60. The fourth-order valence-corrected chi connectivity index (χ4v) is 1.74. The standard InChI is InChI=1S/C12H14FN3O/c1-16-7-6-9(15-16)12(14)11-8(13)4-3-5-10(11)17-2/h3-7,12H,14H2,1-2H3. The first-order chi connectivity index (χ1) is 8.13. The highest BCUT2D eigenvalue weighted by atomic mass is 19.1. The topological polar surface area (TPSA) is 53.1 Å². The van der Waals surface area contributed by atoms with Gasteiger partial charge in [-0.1, -0.05) is 6.07 Å². The smallest absolute Gasteiger partial charge is 0.132 e. The molecule has 0 aliphatic heterocycles. The van der Waals surface area contributed by atoms with Crippen LogP contribution in [0.3, 0.4) is 0 Å². The van der Waals surface area contributed by atoms with Gasteiger partial charge in [-0.05, 0) is 18.2 Å². The summed E-state index contributed by atoms with van der Waals surface area (Å²) in [6.45, 7) is 0. The van der Waals surface area contributed by atoms with Crippen LogP contribution in [0, 0.1) is 5.82 Å². The van der Waals surface area contributed by atoms with Crippen molar-refractivity contribution in [1.82, 2.24) is 9.78 Å². The van der Waals surface area contributed by atoms with Crippen LogP contribution >= 0.6 is 0 Å². The number of hydrogen-bond acceptors (Lipinski definition) is 3. The second-order valence-electron chi connectivity index (χ2n) is 3.75. The van der Waals surface area contributed by atoms with Gasteiger partial charge in [-0.2, -0.15) is 5.10 Å². The highest BCUT2D eigenvalue weighted by molar-refractivity contribution is 5.40. The van der Waals surface area contributed by atoms with Crippen LogP contribution in [0.25, 0.3) is 0 Å². The van der Waals surface area contributed by atoms with Gasteiger partial charge in [0.2, 0.25) is 0 Å². The van der Waals surface area contributed by atoms with Gasteiger partial charge < -0.3 is 10.5 Å². The summed E-state index contributed by atoms with van der Waals surface area (Å²) in [6.07, 6.45) is 1.77. The van der Waals surface area contributed by atoms with Crippen molar-refractivity contribution in [3.63, 3.8) is 0 Å². The molecule has 0 aliphatic carbocycles. The predicted octanol–water partition coefficient (Wildman–Crippen LogP) is 1.62. The third kappa shape index (κ3) is 2.14. The molecule has 90 valence electrons. The number of halogens is 1. The minimum Gasteiger partial charge on any atom is -0.496 e. The summed E-state index contributed by atoms with van der Waals surface area (Å²) in [5, 5.41) is 4.17. The Hall–Kier alpha value is -1.88. The molecule has 0 spiro atoms. The van der Waals surface area contributed by atoms with Crippen LogP contribution in [0.4, 0.5) is 4.39 Å². The molecule has 2 N–H and O–H groups in total. The zero-order valence-corrected chi connectivity index (χ0v) is 9.72. The lowest BCUT2D eigenvalue weighted by molar-refractivity contribution is 0.401. The van der Waals surface area contributed by atoms with Crippen LogP contribution in [0.5, 0.6) is 5.75 Å². The highest BCUT2D eigenvalue weighted by Gasteiger charge is 2.20. The van der Waals surface area contributed by atoms with Crippen LogP contribution in [0.2, 0.25) is 0 Å². The Bertz CT molecular complexity index is 524. The van der Waals surface area contributed by atoms with Crippen LogP contribution in [0.15, 0.2) is 30.5 Å². The van der Waals surface area contributed by atoms with Crippen molar-refractivity contribution in [3.05, 3.63) is 47.5 Å². The molecule has 1 heterocycles. The van der Waals surface area contributed by atoms with E-state index in [1.807, 2.05) is 0 Å². The lowest BCUT2D eigenvalue weighted by Crippen LogP contribution is -2.16. The van der Waals surface area contributed by atoms with E-state index in [1.54, 1.807) is 36.1 Å².